The number of rotatable bonds is 2. The highest BCUT2D eigenvalue weighted by molar-refractivity contribution is 6.08. The highest BCUT2D eigenvalue weighted by Gasteiger charge is 2.10. The number of carbonyl (C=O) groups excluding carboxylic acids is 1. The maximum Gasteiger partial charge on any atom is 0.257 e. The van der Waals surface area contributed by atoms with E-state index < -0.39 is 0 Å². The Kier molecular flexibility index (Phi) is 3.23. The monoisotopic (exact) mass is 279 g/mol. The molecule has 0 bridgehead atoms. The van der Waals surface area contributed by atoms with Crippen LogP contribution in [0, 0.1) is 6.92 Å². The molecule has 1 amide bonds. The van der Waals surface area contributed by atoms with E-state index >= 15 is 0 Å². The summed E-state index contributed by atoms with van der Waals surface area (Å²) in [6.07, 6.45) is 2.69. The van der Waals surface area contributed by atoms with Gasteiger partial charge in [-0.25, -0.2) is 0 Å². The van der Waals surface area contributed by atoms with Gasteiger partial charge in [-0.1, -0.05) is 18.2 Å². The number of amides is 1. The number of nitrogens with one attached hydrogen (secondary N) is 1. The number of benzene rings is 1. The van der Waals surface area contributed by atoms with Crippen LogP contribution in [0.2, 0.25) is 0 Å². The van der Waals surface area contributed by atoms with Crippen molar-refractivity contribution in [3.8, 4) is 5.75 Å². The number of nitrogens with zero attached hydrogens (tertiary/aromatic N) is 2. The number of fused-ring (bicyclic) bond motifs is 1. The maximum absolute atomic E-state index is 12.2. The van der Waals surface area contributed by atoms with E-state index in [9.17, 15) is 9.90 Å². The van der Waals surface area contributed by atoms with Crippen LogP contribution in [0.4, 0.5) is 5.69 Å². The average molecular weight is 279 g/mol. The van der Waals surface area contributed by atoms with Gasteiger partial charge in [0.05, 0.1) is 23.0 Å². The van der Waals surface area contributed by atoms with Crippen LogP contribution in [0.15, 0.2) is 48.8 Å². The van der Waals surface area contributed by atoms with Crippen LogP contribution in [0.5, 0.6) is 5.75 Å². The minimum absolute atomic E-state index is 0.0431. The normalized spacial score (nSPS) is 10.5. The quantitative estimate of drug-likeness (QED) is 0.756. The first kappa shape index (κ1) is 13.1. The van der Waals surface area contributed by atoms with E-state index in [4.69, 9.17) is 0 Å². The van der Waals surface area contributed by atoms with E-state index in [2.05, 4.69) is 15.3 Å². The molecule has 1 aromatic carbocycles. The van der Waals surface area contributed by atoms with Gasteiger partial charge in [-0.05, 0) is 25.1 Å². The Balaban J connectivity index is 2.00. The van der Waals surface area contributed by atoms with E-state index in [1.54, 1.807) is 0 Å². The first-order valence-electron chi connectivity index (χ1n) is 6.45. The van der Waals surface area contributed by atoms with Crippen LogP contribution < -0.4 is 5.32 Å². The van der Waals surface area contributed by atoms with Crippen LogP contribution in [0.3, 0.4) is 0 Å². The van der Waals surface area contributed by atoms with Gasteiger partial charge in [-0.2, -0.15) is 0 Å². The number of aromatic nitrogens is 2. The molecule has 5 heteroatoms. The number of hydrogen-bond donors (Lipinski definition) is 2. The molecule has 0 fully saturated rings. The van der Waals surface area contributed by atoms with Crippen molar-refractivity contribution in [2.24, 2.45) is 0 Å². The topological polar surface area (TPSA) is 75.1 Å². The molecule has 0 aliphatic carbocycles. The molecule has 21 heavy (non-hydrogen) atoms. The fourth-order valence-corrected chi connectivity index (χ4v) is 2.16. The van der Waals surface area contributed by atoms with Crippen LogP contribution >= 0.6 is 0 Å². The molecule has 0 aliphatic heterocycles. The molecular formula is C16H13N3O2. The summed E-state index contributed by atoms with van der Waals surface area (Å²) < 4.78 is 0. The van der Waals surface area contributed by atoms with E-state index in [1.165, 1.54) is 18.5 Å². The van der Waals surface area contributed by atoms with Gasteiger partial charge in [0.2, 0.25) is 0 Å². The smallest absolute Gasteiger partial charge is 0.257 e. The lowest BCUT2D eigenvalue weighted by Gasteiger charge is -2.09. The second-order valence-corrected chi connectivity index (χ2v) is 4.71. The maximum atomic E-state index is 12.2. The molecule has 0 unspecified atom stereocenters. The predicted octanol–water partition coefficient (Wildman–Crippen LogP) is 2.90. The van der Waals surface area contributed by atoms with Gasteiger partial charge in [0.15, 0.2) is 0 Å². The lowest BCUT2D eigenvalue weighted by molar-refractivity contribution is 0.102. The number of aryl methyl sites for hydroxylation is 1. The number of pyridine rings is 2. The van der Waals surface area contributed by atoms with Gasteiger partial charge in [0.25, 0.3) is 5.91 Å². The lowest BCUT2D eigenvalue weighted by atomic mass is 10.1. The Morgan fingerprint density at radius 1 is 1.19 bits per heavy atom. The Bertz CT molecular complexity index is 831. The Morgan fingerprint density at radius 3 is 2.81 bits per heavy atom. The van der Waals surface area contributed by atoms with Crippen molar-refractivity contribution in [3.05, 3.63) is 60.0 Å². The summed E-state index contributed by atoms with van der Waals surface area (Å²) in [4.78, 5) is 20.5. The summed E-state index contributed by atoms with van der Waals surface area (Å²) in [7, 11) is 0. The van der Waals surface area contributed by atoms with E-state index in [1.807, 2.05) is 37.3 Å². The molecule has 0 aliphatic rings. The molecule has 3 aromatic rings. The van der Waals surface area contributed by atoms with Crippen LogP contribution in [0.25, 0.3) is 10.9 Å². The molecule has 3 rings (SSSR count). The van der Waals surface area contributed by atoms with Gasteiger partial charge in [-0.3, -0.25) is 14.8 Å². The first-order chi connectivity index (χ1) is 10.1. The fourth-order valence-electron chi connectivity index (χ4n) is 2.16. The molecule has 0 atom stereocenters. The second-order valence-electron chi connectivity index (χ2n) is 4.71. The van der Waals surface area contributed by atoms with Crippen molar-refractivity contribution >= 4 is 22.5 Å². The number of carbonyl (C=O) groups is 1. The minimum Gasteiger partial charge on any atom is -0.506 e. The van der Waals surface area contributed by atoms with E-state index in [0.29, 0.717) is 11.3 Å². The van der Waals surface area contributed by atoms with Gasteiger partial charge < -0.3 is 10.4 Å². The van der Waals surface area contributed by atoms with E-state index in [0.717, 1.165) is 16.6 Å². The highest BCUT2D eigenvalue weighted by atomic mass is 16.3. The minimum atomic E-state index is -0.325. The van der Waals surface area contributed by atoms with Gasteiger partial charge in [0.1, 0.15) is 5.75 Å². The van der Waals surface area contributed by atoms with Crippen molar-refractivity contribution in [3.63, 3.8) is 0 Å². The molecule has 0 radical (unpaired) electrons. The molecule has 0 spiro atoms. The number of hydrogen-bond acceptors (Lipinski definition) is 4. The van der Waals surface area contributed by atoms with Crippen molar-refractivity contribution in [2.45, 2.75) is 6.92 Å². The molecule has 2 aromatic heterocycles. The molecule has 2 N–H and O–H groups in total. The van der Waals surface area contributed by atoms with E-state index in [-0.39, 0.29) is 11.7 Å². The Morgan fingerprint density at radius 2 is 2.00 bits per heavy atom. The van der Waals surface area contributed by atoms with Crippen molar-refractivity contribution in [2.75, 3.05) is 5.32 Å². The molecule has 2 heterocycles. The standard InChI is InChI=1S/C16H13N3O2/c1-10-6-15(13-4-2-3-5-14(13)18-10)19-16(21)11-7-12(20)9-17-8-11/h2-9,20H,1H3,(H,18,19,21). The summed E-state index contributed by atoms with van der Waals surface area (Å²) in [5.41, 5.74) is 2.62. The molecular weight excluding hydrogens is 266 g/mol. The summed E-state index contributed by atoms with van der Waals surface area (Å²) >= 11 is 0. The van der Waals surface area contributed by atoms with Gasteiger partial charge in [-0.15, -0.1) is 0 Å². The average Bonchev–Trinajstić information content (AvgIpc) is 2.47. The number of anilines is 1. The molecule has 0 saturated carbocycles. The summed E-state index contributed by atoms with van der Waals surface area (Å²) in [5.74, 6) is -0.368. The van der Waals surface area contributed by atoms with Crippen molar-refractivity contribution < 1.29 is 9.90 Å². The summed E-state index contributed by atoms with van der Waals surface area (Å²) in [6.45, 7) is 1.87. The Hall–Kier alpha value is -2.95. The predicted molar refractivity (Wildman–Crippen MR) is 80.3 cm³/mol. The highest BCUT2D eigenvalue weighted by Crippen LogP contribution is 2.23. The van der Waals surface area contributed by atoms with Crippen LogP contribution in [-0.2, 0) is 0 Å². The third-order valence-corrected chi connectivity index (χ3v) is 3.08. The molecule has 5 nitrogen and oxygen atoms in total. The molecule has 0 saturated heterocycles. The molecule has 104 valence electrons. The zero-order valence-corrected chi connectivity index (χ0v) is 11.4. The third-order valence-electron chi connectivity index (χ3n) is 3.08. The summed E-state index contributed by atoms with van der Waals surface area (Å²) in [5, 5.41) is 13.1. The van der Waals surface area contributed by atoms with Crippen LogP contribution in [-0.4, -0.2) is 21.0 Å². The van der Waals surface area contributed by atoms with Gasteiger partial charge in [0, 0.05) is 17.3 Å². The number of para-hydroxylation sites is 1. The fraction of sp³-hybridized carbons (Fsp3) is 0.0625. The first-order valence-corrected chi connectivity index (χ1v) is 6.45. The third kappa shape index (κ3) is 2.67. The van der Waals surface area contributed by atoms with Crippen molar-refractivity contribution in [1.82, 2.24) is 9.97 Å². The Labute approximate surface area is 121 Å². The van der Waals surface area contributed by atoms with Gasteiger partial charge >= 0.3 is 0 Å². The SMILES string of the molecule is Cc1cc(NC(=O)c2cncc(O)c2)c2ccccc2n1. The largest absolute Gasteiger partial charge is 0.506 e. The zero-order chi connectivity index (χ0) is 14.8. The second kappa shape index (κ2) is 5.20. The van der Waals surface area contributed by atoms with Crippen molar-refractivity contribution in [1.29, 1.82) is 0 Å². The number of aromatic hydroxyl groups is 1. The zero-order valence-electron chi connectivity index (χ0n) is 11.4. The lowest BCUT2D eigenvalue weighted by Crippen LogP contribution is -2.12. The summed E-state index contributed by atoms with van der Waals surface area (Å²) in [6, 6.07) is 10.8. The van der Waals surface area contributed by atoms with Crippen LogP contribution in [0.1, 0.15) is 16.1 Å².